The first-order valence-corrected chi connectivity index (χ1v) is 5.22. The minimum atomic E-state index is 0.216. The third-order valence-corrected chi connectivity index (χ3v) is 2.17. The number of amidine groups is 1. The van der Waals surface area contributed by atoms with Gasteiger partial charge in [-0.2, -0.15) is 0 Å². The molecule has 0 aromatic rings. The summed E-state index contributed by atoms with van der Waals surface area (Å²) in [4.78, 5) is 3.94. The molecule has 1 atom stereocenters. The van der Waals surface area contributed by atoms with Gasteiger partial charge in [-0.1, -0.05) is 25.2 Å². The zero-order chi connectivity index (χ0) is 11.1. The summed E-state index contributed by atoms with van der Waals surface area (Å²) in [6.45, 7) is 3.67. The second-order valence-corrected chi connectivity index (χ2v) is 3.65. The van der Waals surface area contributed by atoms with Gasteiger partial charge in [0.25, 0.3) is 6.02 Å². The summed E-state index contributed by atoms with van der Waals surface area (Å²) in [5.41, 5.74) is 12.0. The van der Waals surface area contributed by atoms with Crippen LogP contribution in [-0.2, 0) is 4.74 Å². The fourth-order valence-electron chi connectivity index (χ4n) is 1.26. The molecule has 84 valence electrons. The highest BCUT2D eigenvalue weighted by Crippen LogP contribution is 2.15. The Balaban J connectivity index is 2.29. The highest BCUT2D eigenvalue weighted by molar-refractivity contribution is 5.71. The Morgan fingerprint density at radius 2 is 2.47 bits per heavy atom. The molecule has 1 aliphatic rings. The molecule has 0 fully saturated rings. The van der Waals surface area contributed by atoms with E-state index in [1.807, 2.05) is 0 Å². The molecule has 0 aromatic heterocycles. The van der Waals surface area contributed by atoms with Gasteiger partial charge in [0.15, 0.2) is 0 Å². The monoisotopic (exact) mass is 209 g/mol. The smallest absolute Gasteiger partial charge is 0.282 e. The third kappa shape index (κ3) is 4.65. The lowest BCUT2D eigenvalue weighted by molar-refractivity contribution is 0.334. The molecular weight excluding hydrogens is 190 g/mol. The van der Waals surface area contributed by atoms with Gasteiger partial charge in [0.1, 0.15) is 6.61 Å². The molecule has 1 aliphatic carbocycles. The summed E-state index contributed by atoms with van der Waals surface area (Å²) in [7, 11) is 0. The van der Waals surface area contributed by atoms with E-state index in [9.17, 15) is 0 Å². The van der Waals surface area contributed by atoms with E-state index in [1.165, 1.54) is 0 Å². The summed E-state index contributed by atoms with van der Waals surface area (Å²) in [6, 6.07) is 0.216. The first-order chi connectivity index (χ1) is 7.22. The van der Waals surface area contributed by atoms with Gasteiger partial charge in [-0.25, -0.2) is 4.99 Å². The summed E-state index contributed by atoms with van der Waals surface area (Å²) in [5.74, 6) is 0.622. The minimum Gasteiger partial charge on any atom is -0.461 e. The molecule has 0 spiro atoms. The van der Waals surface area contributed by atoms with Gasteiger partial charge in [0.2, 0.25) is 0 Å². The van der Waals surface area contributed by atoms with Gasteiger partial charge >= 0.3 is 0 Å². The molecule has 0 bridgehead atoms. The van der Waals surface area contributed by atoms with E-state index in [0.29, 0.717) is 25.6 Å². The van der Waals surface area contributed by atoms with Crippen molar-refractivity contribution in [3.63, 3.8) is 0 Å². The average Bonchev–Trinajstić information content (AvgIpc) is 2.25. The summed E-state index contributed by atoms with van der Waals surface area (Å²) >= 11 is 0. The molecule has 0 aliphatic heterocycles. The van der Waals surface area contributed by atoms with Crippen LogP contribution in [-0.4, -0.2) is 25.7 Å². The molecule has 4 N–H and O–H groups in total. The largest absolute Gasteiger partial charge is 0.461 e. The van der Waals surface area contributed by atoms with Crippen LogP contribution in [0.15, 0.2) is 28.8 Å². The van der Waals surface area contributed by atoms with Crippen molar-refractivity contribution in [3.8, 4) is 0 Å². The number of ether oxygens (including phenoxy) is 1. The van der Waals surface area contributed by atoms with Gasteiger partial charge in [0.05, 0.1) is 6.54 Å². The molecule has 0 heterocycles. The normalized spacial score (nSPS) is 21.3. The van der Waals surface area contributed by atoms with Gasteiger partial charge in [-0.15, -0.1) is 0 Å². The Hall–Kier alpha value is -1.29. The molecule has 0 amide bonds. The van der Waals surface area contributed by atoms with Crippen LogP contribution in [0.5, 0.6) is 0 Å². The van der Waals surface area contributed by atoms with Crippen molar-refractivity contribution in [2.24, 2.45) is 22.4 Å². The van der Waals surface area contributed by atoms with Crippen molar-refractivity contribution in [2.75, 3.05) is 19.7 Å². The second kappa shape index (κ2) is 6.24. The Morgan fingerprint density at radius 3 is 3.07 bits per heavy atom. The zero-order valence-electron chi connectivity index (χ0n) is 9.15. The standard InChI is InChI=1S/C11H19N3O/c1-9-2-4-10(5-3-9)8-15-11(13)14-7-6-12/h2,4-5,9H,3,6-8,12H2,1H3,(H2,13,14). The van der Waals surface area contributed by atoms with Crippen LogP contribution in [0.1, 0.15) is 13.3 Å². The minimum absolute atomic E-state index is 0.216. The van der Waals surface area contributed by atoms with Crippen molar-refractivity contribution < 1.29 is 4.74 Å². The van der Waals surface area contributed by atoms with Gasteiger partial charge < -0.3 is 16.2 Å². The number of hydrogen-bond donors (Lipinski definition) is 2. The van der Waals surface area contributed by atoms with Crippen molar-refractivity contribution in [1.29, 1.82) is 0 Å². The molecule has 4 heteroatoms. The van der Waals surface area contributed by atoms with Crippen molar-refractivity contribution in [3.05, 3.63) is 23.8 Å². The van der Waals surface area contributed by atoms with Crippen molar-refractivity contribution >= 4 is 6.02 Å². The van der Waals surface area contributed by atoms with E-state index in [2.05, 4.69) is 30.1 Å². The Morgan fingerprint density at radius 1 is 1.67 bits per heavy atom. The SMILES string of the molecule is CC1C=CC(COC(N)=NCCN)=CC1. The van der Waals surface area contributed by atoms with Crippen LogP contribution in [0.3, 0.4) is 0 Å². The summed E-state index contributed by atoms with van der Waals surface area (Å²) in [5, 5.41) is 0. The van der Waals surface area contributed by atoms with Crippen LogP contribution in [0.4, 0.5) is 0 Å². The maximum atomic E-state index is 5.53. The molecule has 0 saturated carbocycles. The number of allylic oxidation sites excluding steroid dienone is 2. The predicted octanol–water partition coefficient (Wildman–Crippen LogP) is 0.799. The quantitative estimate of drug-likeness (QED) is 0.531. The second-order valence-electron chi connectivity index (χ2n) is 3.65. The molecule has 0 aromatic carbocycles. The third-order valence-electron chi connectivity index (χ3n) is 2.17. The van der Waals surface area contributed by atoms with Crippen LogP contribution in [0.25, 0.3) is 0 Å². The van der Waals surface area contributed by atoms with E-state index in [0.717, 1.165) is 12.0 Å². The lowest BCUT2D eigenvalue weighted by Gasteiger charge is -2.12. The highest BCUT2D eigenvalue weighted by Gasteiger charge is 2.04. The molecular formula is C11H19N3O. The number of nitrogens with zero attached hydrogens (tertiary/aromatic N) is 1. The average molecular weight is 209 g/mol. The number of hydrogen-bond acceptors (Lipinski definition) is 3. The van der Waals surface area contributed by atoms with E-state index in [1.54, 1.807) is 0 Å². The summed E-state index contributed by atoms with van der Waals surface area (Å²) in [6.07, 6.45) is 7.48. The van der Waals surface area contributed by atoms with Gasteiger partial charge in [-0.3, -0.25) is 0 Å². The molecule has 4 nitrogen and oxygen atoms in total. The van der Waals surface area contributed by atoms with E-state index >= 15 is 0 Å². The fraction of sp³-hybridized carbons (Fsp3) is 0.545. The van der Waals surface area contributed by atoms with Crippen LogP contribution >= 0.6 is 0 Å². The topological polar surface area (TPSA) is 73.6 Å². The zero-order valence-corrected chi connectivity index (χ0v) is 9.15. The van der Waals surface area contributed by atoms with E-state index < -0.39 is 0 Å². The lowest BCUT2D eigenvalue weighted by atomic mass is 9.99. The Bertz CT molecular complexity index is 282. The van der Waals surface area contributed by atoms with Crippen molar-refractivity contribution in [1.82, 2.24) is 0 Å². The fourth-order valence-corrected chi connectivity index (χ4v) is 1.26. The molecule has 15 heavy (non-hydrogen) atoms. The van der Waals surface area contributed by atoms with Crippen LogP contribution in [0, 0.1) is 5.92 Å². The first kappa shape index (κ1) is 11.8. The Labute approximate surface area is 90.7 Å². The van der Waals surface area contributed by atoms with Crippen LogP contribution < -0.4 is 11.5 Å². The summed E-state index contributed by atoms with van der Waals surface area (Å²) < 4.78 is 5.27. The maximum Gasteiger partial charge on any atom is 0.282 e. The number of nitrogens with two attached hydrogens (primary N) is 2. The number of aliphatic imine (C=N–C) groups is 1. The number of rotatable bonds is 4. The highest BCUT2D eigenvalue weighted by atomic mass is 16.5. The molecule has 0 radical (unpaired) electrons. The van der Waals surface area contributed by atoms with E-state index in [-0.39, 0.29) is 6.02 Å². The van der Waals surface area contributed by atoms with Crippen molar-refractivity contribution in [2.45, 2.75) is 13.3 Å². The Kier molecular flexibility index (Phi) is 4.90. The molecule has 0 saturated heterocycles. The maximum absolute atomic E-state index is 5.53. The van der Waals surface area contributed by atoms with Crippen LogP contribution in [0.2, 0.25) is 0 Å². The first-order valence-electron chi connectivity index (χ1n) is 5.22. The lowest BCUT2D eigenvalue weighted by Crippen LogP contribution is -2.19. The van der Waals surface area contributed by atoms with E-state index in [4.69, 9.17) is 16.2 Å². The van der Waals surface area contributed by atoms with Gasteiger partial charge in [0, 0.05) is 6.54 Å². The van der Waals surface area contributed by atoms with Gasteiger partial charge in [-0.05, 0) is 17.9 Å². The predicted molar refractivity (Wildman–Crippen MR) is 62.5 cm³/mol. The molecule has 1 unspecified atom stereocenters. The molecule has 1 rings (SSSR count).